The first kappa shape index (κ1) is 21.4. The van der Waals surface area contributed by atoms with Gasteiger partial charge in [0, 0.05) is 11.3 Å². The molecule has 0 radical (unpaired) electrons. The topological polar surface area (TPSA) is 118 Å². The zero-order valence-corrected chi connectivity index (χ0v) is 16.1. The van der Waals surface area contributed by atoms with Gasteiger partial charge in [-0.15, -0.1) is 0 Å². The molecule has 0 heterocycles. The van der Waals surface area contributed by atoms with Gasteiger partial charge in [0.2, 0.25) is 0 Å². The number of amides is 2. The van der Waals surface area contributed by atoms with Crippen LogP contribution in [0.5, 0.6) is 5.75 Å². The van der Waals surface area contributed by atoms with E-state index in [0.29, 0.717) is 29.2 Å². The van der Waals surface area contributed by atoms with Crippen LogP contribution in [-0.2, 0) is 14.3 Å². The number of carbonyl (C=O) groups is 3. The third kappa shape index (κ3) is 6.66. The molecule has 8 nitrogen and oxygen atoms in total. The van der Waals surface area contributed by atoms with Crippen LogP contribution < -0.4 is 15.4 Å². The highest BCUT2D eigenvalue weighted by Crippen LogP contribution is 2.12. The van der Waals surface area contributed by atoms with Gasteiger partial charge in [-0.25, -0.2) is 0 Å². The van der Waals surface area contributed by atoms with Crippen molar-refractivity contribution in [3.05, 3.63) is 59.7 Å². The molecule has 2 aromatic rings. The maximum absolute atomic E-state index is 12.1. The fourth-order valence-electron chi connectivity index (χ4n) is 2.33. The van der Waals surface area contributed by atoms with Gasteiger partial charge in [-0.1, -0.05) is 6.07 Å². The lowest BCUT2D eigenvalue weighted by Gasteiger charge is -2.14. The van der Waals surface area contributed by atoms with Crippen LogP contribution >= 0.6 is 0 Å². The number of benzene rings is 2. The van der Waals surface area contributed by atoms with Crippen LogP contribution in [0.1, 0.15) is 29.8 Å². The third-order valence-corrected chi connectivity index (χ3v) is 3.76. The largest absolute Gasteiger partial charge is 0.494 e. The molecule has 0 aliphatic carbocycles. The van der Waals surface area contributed by atoms with Crippen molar-refractivity contribution in [2.45, 2.75) is 20.0 Å². The lowest BCUT2D eigenvalue weighted by atomic mass is 10.2. The van der Waals surface area contributed by atoms with Crippen molar-refractivity contribution in [3.63, 3.8) is 0 Å². The second kappa shape index (κ2) is 10.5. The standard InChI is InChI=1S/C21H21N3O5/c1-3-28-18-9-7-16(8-10-18)21(27)23-13-19(25)29-14(2)20(26)24-17-6-4-5-15(11-17)12-22/h4-11,14H,3,13H2,1-2H3,(H,23,27)(H,24,26)/t14-/m1/s1. The van der Waals surface area contributed by atoms with E-state index in [2.05, 4.69) is 10.6 Å². The number of nitrogens with one attached hydrogen (secondary N) is 2. The first-order valence-electron chi connectivity index (χ1n) is 8.94. The monoisotopic (exact) mass is 395 g/mol. The minimum Gasteiger partial charge on any atom is -0.494 e. The molecular formula is C21H21N3O5. The van der Waals surface area contributed by atoms with Crippen molar-refractivity contribution >= 4 is 23.5 Å². The average Bonchev–Trinajstić information content (AvgIpc) is 2.72. The van der Waals surface area contributed by atoms with E-state index < -0.39 is 23.9 Å². The molecule has 0 saturated carbocycles. The number of rotatable bonds is 8. The minimum atomic E-state index is -1.07. The van der Waals surface area contributed by atoms with E-state index in [4.69, 9.17) is 14.7 Å². The normalized spacial score (nSPS) is 10.9. The van der Waals surface area contributed by atoms with Gasteiger partial charge in [-0.05, 0) is 56.3 Å². The molecule has 2 rings (SSSR count). The zero-order valence-electron chi connectivity index (χ0n) is 16.1. The first-order chi connectivity index (χ1) is 13.9. The first-order valence-corrected chi connectivity index (χ1v) is 8.94. The van der Waals surface area contributed by atoms with E-state index in [1.165, 1.54) is 13.0 Å². The lowest BCUT2D eigenvalue weighted by molar-refractivity contribution is -0.152. The molecule has 2 aromatic carbocycles. The molecule has 2 amide bonds. The van der Waals surface area contributed by atoms with Gasteiger partial charge in [0.1, 0.15) is 12.3 Å². The Morgan fingerprint density at radius 3 is 2.52 bits per heavy atom. The summed E-state index contributed by atoms with van der Waals surface area (Å²) < 4.78 is 10.3. The summed E-state index contributed by atoms with van der Waals surface area (Å²) in [7, 11) is 0. The van der Waals surface area contributed by atoms with E-state index in [0.717, 1.165) is 0 Å². The predicted molar refractivity (Wildman–Crippen MR) is 105 cm³/mol. The van der Waals surface area contributed by atoms with Gasteiger partial charge < -0.3 is 20.1 Å². The molecule has 0 unspecified atom stereocenters. The average molecular weight is 395 g/mol. The Labute approximate surface area is 168 Å². The number of nitrogens with zero attached hydrogens (tertiary/aromatic N) is 1. The van der Waals surface area contributed by atoms with Crippen LogP contribution in [0.25, 0.3) is 0 Å². The van der Waals surface area contributed by atoms with E-state index in [1.807, 2.05) is 13.0 Å². The van der Waals surface area contributed by atoms with Crippen LogP contribution in [-0.4, -0.2) is 37.0 Å². The van der Waals surface area contributed by atoms with E-state index >= 15 is 0 Å². The summed E-state index contributed by atoms with van der Waals surface area (Å²) in [6, 6.07) is 14.8. The van der Waals surface area contributed by atoms with Gasteiger partial charge >= 0.3 is 5.97 Å². The second-order valence-corrected chi connectivity index (χ2v) is 5.95. The molecule has 0 bridgehead atoms. The molecule has 0 fully saturated rings. The summed E-state index contributed by atoms with van der Waals surface area (Å²) in [6.07, 6.45) is -1.07. The Morgan fingerprint density at radius 1 is 1.14 bits per heavy atom. The number of esters is 1. The Kier molecular flexibility index (Phi) is 7.74. The van der Waals surface area contributed by atoms with Crippen LogP contribution in [0, 0.1) is 11.3 Å². The van der Waals surface area contributed by atoms with Gasteiger partial charge in [0.15, 0.2) is 6.10 Å². The van der Waals surface area contributed by atoms with Crippen molar-refractivity contribution < 1.29 is 23.9 Å². The molecule has 1 atom stereocenters. The van der Waals surface area contributed by atoms with Crippen molar-refractivity contribution in [3.8, 4) is 11.8 Å². The van der Waals surface area contributed by atoms with Crippen LogP contribution in [0.2, 0.25) is 0 Å². The number of ether oxygens (including phenoxy) is 2. The van der Waals surface area contributed by atoms with Gasteiger partial charge in [0.25, 0.3) is 11.8 Å². The Morgan fingerprint density at radius 2 is 1.86 bits per heavy atom. The molecule has 2 N–H and O–H groups in total. The number of carbonyl (C=O) groups excluding carboxylic acids is 3. The summed E-state index contributed by atoms with van der Waals surface area (Å²) in [4.78, 5) is 36.1. The summed E-state index contributed by atoms with van der Waals surface area (Å²) >= 11 is 0. The maximum Gasteiger partial charge on any atom is 0.326 e. The molecule has 29 heavy (non-hydrogen) atoms. The highest BCUT2D eigenvalue weighted by molar-refractivity contribution is 5.97. The van der Waals surface area contributed by atoms with Crippen molar-refractivity contribution in [2.75, 3.05) is 18.5 Å². The smallest absolute Gasteiger partial charge is 0.326 e. The van der Waals surface area contributed by atoms with Gasteiger partial charge in [-0.3, -0.25) is 14.4 Å². The lowest BCUT2D eigenvalue weighted by Crippen LogP contribution is -2.35. The van der Waals surface area contributed by atoms with E-state index in [-0.39, 0.29) is 6.54 Å². The molecule has 0 saturated heterocycles. The number of hydrogen-bond acceptors (Lipinski definition) is 6. The number of hydrogen-bond donors (Lipinski definition) is 2. The Hall–Kier alpha value is -3.86. The maximum atomic E-state index is 12.1. The quantitative estimate of drug-likeness (QED) is 0.662. The highest BCUT2D eigenvalue weighted by Gasteiger charge is 2.18. The molecule has 0 aliphatic heterocycles. The minimum absolute atomic E-state index is 0.365. The van der Waals surface area contributed by atoms with Gasteiger partial charge in [0.05, 0.1) is 18.2 Å². The summed E-state index contributed by atoms with van der Waals surface area (Å²) in [5.74, 6) is -1.11. The molecule has 0 aliphatic rings. The van der Waals surface area contributed by atoms with Crippen molar-refractivity contribution in [2.24, 2.45) is 0 Å². The molecule has 8 heteroatoms. The number of anilines is 1. The third-order valence-electron chi connectivity index (χ3n) is 3.76. The van der Waals surface area contributed by atoms with Gasteiger partial charge in [-0.2, -0.15) is 5.26 Å². The molecule has 0 aromatic heterocycles. The Bertz CT molecular complexity index is 919. The fraction of sp³-hybridized carbons (Fsp3) is 0.238. The zero-order chi connectivity index (χ0) is 21.2. The summed E-state index contributed by atoms with van der Waals surface area (Å²) in [6.45, 7) is 3.41. The number of nitriles is 1. The SMILES string of the molecule is CCOc1ccc(C(=O)NCC(=O)O[C@H](C)C(=O)Nc2cccc(C#N)c2)cc1. The second-order valence-electron chi connectivity index (χ2n) is 5.95. The van der Waals surface area contributed by atoms with Crippen LogP contribution in [0.3, 0.4) is 0 Å². The summed E-state index contributed by atoms with van der Waals surface area (Å²) in [5.41, 5.74) is 1.18. The molecular weight excluding hydrogens is 374 g/mol. The molecule has 150 valence electrons. The predicted octanol–water partition coefficient (Wildman–Crippen LogP) is 2.26. The van der Waals surface area contributed by atoms with E-state index in [1.54, 1.807) is 42.5 Å². The summed E-state index contributed by atoms with van der Waals surface area (Å²) in [5, 5.41) is 13.9. The van der Waals surface area contributed by atoms with Crippen molar-refractivity contribution in [1.82, 2.24) is 5.32 Å². The van der Waals surface area contributed by atoms with E-state index in [9.17, 15) is 14.4 Å². The van der Waals surface area contributed by atoms with Crippen LogP contribution in [0.15, 0.2) is 48.5 Å². The fourth-order valence-corrected chi connectivity index (χ4v) is 2.33. The highest BCUT2D eigenvalue weighted by atomic mass is 16.5. The van der Waals surface area contributed by atoms with Crippen molar-refractivity contribution in [1.29, 1.82) is 5.26 Å². The molecule has 0 spiro atoms. The Balaban J connectivity index is 1.80. The van der Waals surface area contributed by atoms with Crippen LogP contribution in [0.4, 0.5) is 5.69 Å².